The van der Waals surface area contributed by atoms with Gasteiger partial charge < -0.3 is 14.8 Å². The van der Waals surface area contributed by atoms with E-state index in [1.54, 1.807) is 0 Å². The zero-order valence-electron chi connectivity index (χ0n) is 12.7. The molecule has 0 amide bonds. The summed E-state index contributed by atoms with van der Waals surface area (Å²) in [5, 5.41) is 3.89. The van der Waals surface area contributed by atoms with E-state index >= 15 is 0 Å². The quantitative estimate of drug-likeness (QED) is 0.765. The fourth-order valence-corrected chi connectivity index (χ4v) is 3.45. The second-order valence-corrected chi connectivity index (χ2v) is 6.18. The van der Waals surface area contributed by atoms with Gasteiger partial charge in [-0.15, -0.1) is 0 Å². The predicted octanol–water partition coefficient (Wildman–Crippen LogP) is 3.62. The largest absolute Gasteiger partial charge is 0.348 e. The molecule has 0 bridgehead atoms. The maximum absolute atomic E-state index is 5.80. The lowest BCUT2D eigenvalue weighted by molar-refractivity contribution is -0.179. The van der Waals surface area contributed by atoms with Crippen LogP contribution in [0, 0.1) is 0 Å². The molecule has 1 N–H and O–H groups in total. The minimum atomic E-state index is -0.206. The van der Waals surface area contributed by atoms with E-state index in [4.69, 9.17) is 9.47 Å². The van der Waals surface area contributed by atoms with E-state index in [0.29, 0.717) is 6.04 Å². The molecule has 2 rings (SSSR count). The van der Waals surface area contributed by atoms with Crippen LogP contribution in [-0.4, -0.2) is 31.1 Å². The number of hydrogen-bond donors (Lipinski definition) is 1. The molecule has 3 nitrogen and oxygen atoms in total. The highest BCUT2D eigenvalue weighted by molar-refractivity contribution is 4.87. The van der Waals surface area contributed by atoms with Gasteiger partial charge in [-0.25, -0.2) is 0 Å². The van der Waals surface area contributed by atoms with Gasteiger partial charge in [0.25, 0.3) is 0 Å². The van der Waals surface area contributed by atoms with E-state index in [2.05, 4.69) is 19.2 Å². The van der Waals surface area contributed by atoms with Crippen LogP contribution in [-0.2, 0) is 9.47 Å². The predicted molar refractivity (Wildman–Crippen MR) is 78.2 cm³/mol. The second kappa shape index (κ2) is 7.61. The van der Waals surface area contributed by atoms with E-state index in [0.717, 1.165) is 32.1 Å². The van der Waals surface area contributed by atoms with Gasteiger partial charge >= 0.3 is 0 Å². The molecule has 19 heavy (non-hydrogen) atoms. The first-order chi connectivity index (χ1) is 9.28. The highest BCUT2D eigenvalue weighted by atomic mass is 16.7. The summed E-state index contributed by atoms with van der Waals surface area (Å²) >= 11 is 0. The lowest BCUT2D eigenvalue weighted by atomic mass is 9.89. The van der Waals surface area contributed by atoms with Gasteiger partial charge in [0.05, 0.1) is 13.2 Å². The molecule has 0 radical (unpaired) electrons. The highest BCUT2D eigenvalue weighted by Crippen LogP contribution is 2.36. The topological polar surface area (TPSA) is 30.5 Å². The van der Waals surface area contributed by atoms with E-state index in [9.17, 15) is 0 Å². The van der Waals surface area contributed by atoms with Crippen molar-refractivity contribution in [3.63, 3.8) is 0 Å². The number of ether oxygens (including phenoxy) is 2. The zero-order chi connectivity index (χ0) is 13.6. The lowest BCUT2D eigenvalue weighted by Gasteiger charge is -2.37. The molecular weight excluding hydrogens is 238 g/mol. The van der Waals surface area contributed by atoms with Gasteiger partial charge in [-0.3, -0.25) is 0 Å². The minimum absolute atomic E-state index is 0.206. The van der Waals surface area contributed by atoms with Crippen molar-refractivity contribution in [1.82, 2.24) is 5.32 Å². The van der Waals surface area contributed by atoms with E-state index < -0.39 is 0 Å². The fourth-order valence-electron chi connectivity index (χ4n) is 3.45. The van der Waals surface area contributed by atoms with Crippen molar-refractivity contribution in [2.75, 3.05) is 13.2 Å². The number of nitrogens with one attached hydrogen (secondary N) is 1. The summed E-state index contributed by atoms with van der Waals surface area (Å²) in [6.07, 6.45) is 11.1. The summed E-state index contributed by atoms with van der Waals surface area (Å²) in [7, 11) is 0. The average Bonchev–Trinajstić information content (AvgIpc) is 2.88. The molecule has 2 aliphatic rings. The molecule has 3 heteroatoms. The molecule has 2 fully saturated rings. The van der Waals surface area contributed by atoms with Crippen molar-refractivity contribution in [2.45, 2.75) is 89.5 Å². The van der Waals surface area contributed by atoms with Gasteiger partial charge in [0.15, 0.2) is 5.79 Å². The average molecular weight is 269 g/mol. The van der Waals surface area contributed by atoms with Gasteiger partial charge in [0, 0.05) is 24.9 Å². The minimum Gasteiger partial charge on any atom is -0.348 e. The zero-order valence-corrected chi connectivity index (χ0v) is 12.7. The molecule has 1 aliphatic carbocycles. The molecule has 0 aromatic carbocycles. The summed E-state index contributed by atoms with van der Waals surface area (Å²) in [5.74, 6) is -0.206. The van der Waals surface area contributed by atoms with Gasteiger partial charge in [0.1, 0.15) is 0 Å². The molecular formula is C16H31NO2. The van der Waals surface area contributed by atoms with Gasteiger partial charge in [-0.05, 0) is 25.7 Å². The molecule has 1 heterocycles. The maximum atomic E-state index is 5.80. The summed E-state index contributed by atoms with van der Waals surface area (Å²) in [6, 6.07) is 1.39. The number of rotatable bonds is 7. The second-order valence-electron chi connectivity index (χ2n) is 6.18. The van der Waals surface area contributed by atoms with Crippen LogP contribution in [0.5, 0.6) is 0 Å². The Bertz CT molecular complexity index is 241. The Labute approximate surface area is 118 Å². The SMILES string of the molecule is CCCCC(CCC)NC1CCC2(CC1)OCCO2. The molecule has 0 aromatic rings. The van der Waals surface area contributed by atoms with Crippen molar-refractivity contribution < 1.29 is 9.47 Å². The molecule has 1 spiro atoms. The molecule has 1 saturated heterocycles. The maximum Gasteiger partial charge on any atom is 0.168 e. The van der Waals surface area contributed by atoms with Crippen LogP contribution >= 0.6 is 0 Å². The van der Waals surface area contributed by atoms with Gasteiger partial charge in [-0.1, -0.05) is 33.1 Å². The van der Waals surface area contributed by atoms with Crippen LogP contribution in [0.3, 0.4) is 0 Å². The molecule has 1 aliphatic heterocycles. The van der Waals surface area contributed by atoms with Crippen molar-refractivity contribution in [3.05, 3.63) is 0 Å². The van der Waals surface area contributed by atoms with Gasteiger partial charge in [-0.2, -0.15) is 0 Å². The van der Waals surface area contributed by atoms with Crippen molar-refractivity contribution >= 4 is 0 Å². The van der Waals surface area contributed by atoms with Crippen LogP contribution in [0.25, 0.3) is 0 Å². The first-order valence-corrected chi connectivity index (χ1v) is 8.32. The molecule has 112 valence electrons. The Morgan fingerprint density at radius 1 is 1.05 bits per heavy atom. The Kier molecular flexibility index (Phi) is 6.11. The normalized spacial score (nSPS) is 24.9. The lowest BCUT2D eigenvalue weighted by Crippen LogP contribution is -2.45. The van der Waals surface area contributed by atoms with Crippen LogP contribution in [0.2, 0.25) is 0 Å². The third-order valence-electron chi connectivity index (χ3n) is 4.58. The molecule has 1 saturated carbocycles. The molecule has 1 atom stereocenters. The molecule has 0 aromatic heterocycles. The van der Waals surface area contributed by atoms with E-state index in [-0.39, 0.29) is 5.79 Å². The smallest absolute Gasteiger partial charge is 0.168 e. The summed E-state index contributed by atoms with van der Waals surface area (Å²) < 4.78 is 11.6. The number of hydrogen-bond acceptors (Lipinski definition) is 3. The Balaban J connectivity index is 1.73. The fraction of sp³-hybridized carbons (Fsp3) is 1.00. The first-order valence-electron chi connectivity index (χ1n) is 8.32. The van der Waals surface area contributed by atoms with Crippen molar-refractivity contribution in [3.8, 4) is 0 Å². The van der Waals surface area contributed by atoms with Crippen LogP contribution in [0.4, 0.5) is 0 Å². The Hall–Kier alpha value is -0.120. The van der Waals surface area contributed by atoms with Crippen LogP contribution in [0.15, 0.2) is 0 Å². The van der Waals surface area contributed by atoms with Crippen molar-refractivity contribution in [1.29, 1.82) is 0 Å². The summed E-state index contributed by atoms with van der Waals surface area (Å²) in [5.41, 5.74) is 0. The van der Waals surface area contributed by atoms with Crippen LogP contribution in [0.1, 0.15) is 71.6 Å². The molecule has 1 unspecified atom stereocenters. The summed E-state index contributed by atoms with van der Waals surface area (Å²) in [6.45, 7) is 6.14. The summed E-state index contributed by atoms with van der Waals surface area (Å²) in [4.78, 5) is 0. The number of unbranched alkanes of at least 4 members (excludes halogenated alkanes) is 1. The Morgan fingerprint density at radius 2 is 1.74 bits per heavy atom. The monoisotopic (exact) mass is 269 g/mol. The standard InChI is InChI=1S/C16H31NO2/c1-3-5-7-14(6-4-2)17-15-8-10-16(11-9-15)18-12-13-19-16/h14-15,17H,3-13H2,1-2H3. The Morgan fingerprint density at radius 3 is 2.32 bits per heavy atom. The van der Waals surface area contributed by atoms with Gasteiger partial charge in [0.2, 0.25) is 0 Å². The van der Waals surface area contributed by atoms with Crippen molar-refractivity contribution in [2.24, 2.45) is 0 Å². The van der Waals surface area contributed by atoms with E-state index in [1.165, 1.54) is 44.9 Å². The van der Waals surface area contributed by atoms with Crippen LogP contribution < -0.4 is 5.32 Å². The third kappa shape index (κ3) is 4.44. The first kappa shape index (κ1) is 15.3. The highest BCUT2D eigenvalue weighted by Gasteiger charge is 2.40. The van der Waals surface area contributed by atoms with E-state index in [1.807, 2.05) is 0 Å². The third-order valence-corrected chi connectivity index (χ3v) is 4.58.